The Morgan fingerprint density at radius 3 is 2.20 bits per heavy atom. The molecule has 0 aliphatic rings. The topological polar surface area (TPSA) is 77.0 Å². The van der Waals surface area contributed by atoms with Gasteiger partial charge in [-0.2, -0.15) is 0 Å². The number of urea groups is 1. The summed E-state index contributed by atoms with van der Waals surface area (Å²) in [6.45, 7) is 5.52. The lowest BCUT2D eigenvalue weighted by atomic mass is 10.1. The minimum absolute atomic E-state index is 0.224. The maximum Gasteiger partial charge on any atom is 0.321 e. The SMILES string of the molecule is CC(C)(C)NC(=O)NC(=N)Nc1c(Cl)cc(Br)cc1Cl. The molecular weight excluding hydrogens is 367 g/mol. The van der Waals surface area contributed by atoms with E-state index in [0.29, 0.717) is 15.7 Å². The molecule has 0 fully saturated rings. The average molecular weight is 382 g/mol. The van der Waals surface area contributed by atoms with Crippen LogP contribution in [0.15, 0.2) is 16.6 Å². The van der Waals surface area contributed by atoms with Crippen molar-refractivity contribution < 1.29 is 4.79 Å². The van der Waals surface area contributed by atoms with E-state index in [9.17, 15) is 4.79 Å². The molecule has 5 nitrogen and oxygen atoms in total. The molecule has 110 valence electrons. The van der Waals surface area contributed by atoms with Crippen molar-refractivity contribution in [2.24, 2.45) is 0 Å². The van der Waals surface area contributed by atoms with E-state index in [1.807, 2.05) is 20.8 Å². The zero-order valence-electron chi connectivity index (χ0n) is 11.2. The van der Waals surface area contributed by atoms with Crippen LogP contribution in [0.2, 0.25) is 10.0 Å². The second-order valence-electron chi connectivity index (χ2n) is 5.07. The van der Waals surface area contributed by atoms with Crippen LogP contribution in [-0.4, -0.2) is 17.5 Å². The number of rotatable bonds is 1. The van der Waals surface area contributed by atoms with Gasteiger partial charge in [0.15, 0.2) is 0 Å². The van der Waals surface area contributed by atoms with Crippen molar-refractivity contribution in [2.75, 3.05) is 5.32 Å². The van der Waals surface area contributed by atoms with Gasteiger partial charge >= 0.3 is 6.03 Å². The molecule has 2 amide bonds. The fourth-order valence-corrected chi connectivity index (χ4v) is 2.61. The molecule has 20 heavy (non-hydrogen) atoms. The standard InChI is InChI=1S/C12H15BrCl2N4O/c1-12(2,3)19-11(20)18-10(16)17-9-7(14)4-6(13)5-8(9)15/h4-5H,1-3H3,(H4,16,17,18,19,20). The first kappa shape index (κ1) is 17.1. The number of anilines is 1. The predicted octanol–water partition coefficient (Wildman–Crippen LogP) is 4.20. The van der Waals surface area contributed by atoms with E-state index in [0.717, 1.165) is 4.47 Å². The van der Waals surface area contributed by atoms with E-state index in [4.69, 9.17) is 28.6 Å². The number of hydrogen-bond acceptors (Lipinski definition) is 2. The van der Waals surface area contributed by atoms with Crippen molar-refractivity contribution >= 4 is 56.8 Å². The lowest BCUT2D eigenvalue weighted by molar-refractivity contribution is 0.236. The molecule has 0 aliphatic heterocycles. The van der Waals surface area contributed by atoms with Crippen molar-refractivity contribution in [3.05, 3.63) is 26.7 Å². The molecule has 0 heterocycles. The first-order valence-corrected chi connectivity index (χ1v) is 7.22. The number of carbonyl (C=O) groups excluding carboxylic acids is 1. The van der Waals surface area contributed by atoms with Gasteiger partial charge in [-0.1, -0.05) is 39.1 Å². The summed E-state index contributed by atoms with van der Waals surface area (Å²) in [6, 6.07) is 2.79. The van der Waals surface area contributed by atoms with Crippen LogP contribution in [0.1, 0.15) is 20.8 Å². The van der Waals surface area contributed by atoms with Crippen LogP contribution in [0.4, 0.5) is 10.5 Å². The highest BCUT2D eigenvalue weighted by molar-refractivity contribution is 9.10. The number of amides is 2. The van der Waals surface area contributed by atoms with Gasteiger partial charge < -0.3 is 10.6 Å². The lowest BCUT2D eigenvalue weighted by Crippen LogP contribution is -2.49. The van der Waals surface area contributed by atoms with Gasteiger partial charge in [-0.25, -0.2) is 4.79 Å². The maximum atomic E-state index is 11.6. The van der Waals surface area contributed by atoms with Crippen molar-refractivity contribution in [1.29, 1.82) is 5.41 Å². The molecule has 4 N–H and O–H groups in total. The molecule has 0 unspecified atom stereocenters. The van der Waals surface area contributed by atoms with Gasteiger partial charge in [0.25, 0.3) is 0 Å². The molecule has 0 radical (unpaired) electrons. The predicted molar refractivity (Wildman–Crippen MR) is 86.9 cm³/mol. The van der Waals surface area contributed by atoms with Gasteiger partial charge in [0.05, 0.1) is 15.7 Å². The molecule has 0 saturated heterocycles. The van der Waals surface area contributed by atoms with E-state index >= 15 is 0 Å². The molecule has 0 aliphatic carbocycles. The molecular formula is C12H15BrCl2N4O. The summed E-state index contributed by atoms with van der Waals surface area (Å²) in [5, 5.41) is 16.0. The highest BCUT2D eigenvalue weighted by atomic mass is 79.9. The van der Waals surface area contributed by atoms with Gasteiger partial charge in [-0.15, -0.1) is 0 Å². The molecule has 0 spiro atoms. The van der Waals surface area contributed by atoms with E-state index in [1.165, 1.54) is 0 Å². The largest absolute Gasteiger partial charge is 0.333 e. The van der Waals surface area contributed by atoms with Crippen LogP contribution in [0.5, 0.6) is 0 Å². The Kier molecular flexibility index (Phi) is 5.68. The van der Waals surface area contributed by atoms with Crippen LogP contribution in [0.25, 0.3) is 0 Å². The monoisotopic (exact) mass is 380 g/mol. The zero-order chi connectivity index (χ0) is 15.5. The number of carbonyl (C=O) groups is 1. The van der Waals surface area contributed by atoms with Crippen LogP contribution in [0, 0.1) is 5.41 Å². The highest BCUT2D eigenvalue weighted by Crippen LogP contribution is 2.33. The minimum Gasteiger partial charge on any atom is -0.333 e. The van der Waals surface area contributed by atoms with E-state index in [2.05, 4.69) is 31.9 Å². The maximum absolute atomic E-state index is 11.6. The van der Waals surface area contributed by atoms with E-state index in [1.54, 1.807) is 12.1 Å². The van der Waals surface area contributed by atoms with Crippen molar-refractivity contribution in [3.8, 4) is 0 Å². The molecule has 1 aromatic carbocycles. The molecule has 1 aromatic rings. The minimum atomic E-state index is -0.487. The average Bonchev–Trinajstić information content (AvgIpc) is 2.20. The number of nitrogens with one attached hydrogen (secondary N) is 4. The highest BCUT2D eigenvalue weighted by Gasteiger charge is 2.15. The molecule has 0 aromatic heterocycles. The summed E-state index contributed by atoms with van der Waals surface area (Å²) in [5.74, 6) is -0.224. The molecule has 0 atom stereocenters. The van der Waals surface area contributed by atoms with Crippen molar-refractivity contribution in [1.82, 2.24) is 10.6 Å². The Morgan fingerprint density at radius 2 is 1.75 bits per heavy atom. The quantitative estimate of drug-likeness (QED) is 0.434. The van der Waals surface area contributed by atoms with E-state index < -0.39 is 11.6 Å². The summed E-state index contributed by atoms with van der Waals surface area (Å²) < 4.78 is 0.725. The molecule has 0 bridgehead atoms. The third-order valence-electron chi connectivity index (χ3n) is 1.98. The Balaban J connectivity index is 2.70. The first-order chi connectivity index (χ1) is 9.08. The van der Waals surface area contributed by atoms with Gasteiger partial charge in [0.1, 0.15) is 0 Å². The van der Waals surface area contributed by atoms with Crippen LogP contribution >= 0.6 is 39.1 Å². The molecule has 1 rings (SSSR count). The second-order valence-corrected chi connectivity index (χ2v) is 6.80. The molecule has 8 heteroatoms. The van der Waals surface area contributed by atoms with Gasteiger partial charge in [0, 0.05) is 10.0 Å². The first-order valence-electron chi connectivity index (χ1n) is 5.68. The summed E-state index contributed by atoms with van der Waals surface area (Å²) in [7, 11) is 0. The second kappa shape index (κ2) is 6.65. The Bertz CT molecular complexity index is 520. The van der Waals surface area contributed by atoms with Gasteiger partial charge in [-0.3, -0.25) is 10.7 Å². The van der Waals surface area contributed by atoms with Crippen LogP contribution < -0.4 is 16.0 Å². The van der Waals surface area contributed by atoms with Gasteiger partial charge in [0.2, 0.25) is 5.96 Å². The lowest BCUT2D eigenvalue weighted by Gasteiger charge is -2.21. The third kappa shape index (κ3) is 5.56. The van der Waals surface area contributed by atoms with Crippen LogP contribution in [0.3, 0.4) is 0 Å². The zero-order valence-corrected chi connectivity index (χ0v) is 14.3. The summed E-state index contributed by atoms with van der Waals surface area (Å²) in [6.07, 6.45) is 0. The fraction of sp³-hybridized carbons (Fsp3) is 0.333. The molecule has 0 saturated carbocycles. The number of halogens is 3. The number of benzene rings is 1. The van der Waals surface area contributed by atoms with Gasteiger partial charge in [-0.05, 0) is 32.9 Å². The van der Waals surface area contributed by atoms with Crippen molar-refractivity contribution in [3.63, 3.8) is 0 Å². The Hall–Kier alpha value is -0.980. The Morgan fingerprint density at radius 1 is 1.25 bits per heavy atom. The van der Waals surface area contributed by atoms with Crippen LogP contribution in [-0.2, 0) is 0 Å². The summed E-state index contributed by atoms with van der Waals surface area (Å²) >= 11 is 15.3. The van der Waals surface area contributed by atoms with E-state index in [-0.39, 0.29) is 5.96 Å². The Labute approximate surface area is 136 Å². The third-order valence-corrected chi connectivity index (χ3v) is 3.04. The normalized spacial score (nSPS) is 10.9. The smallest absolute Gasteiger partial charge is 0.321 e. The summed E-state index contributed by atoms with van der Waals surface area (Å²) in [5.41, 5.74) is -0.0327. The number of guanidine groups is 1. The van der Waals surface area contributed by atoms with Crippen molar-refractivity contribution in [2.45, 2.75) is 26.3 Å². The number of hydrogen-bond donors (Lipinski definition) is 4. The fourth-order valence-electron chi connectivity index (χ4n) is 1.30. The summed E-state index contributed by atoms with van der Waals surface area (Å²) in [4.78, 5) is 11.6.